The zero-order valence-corrected chi connectivity index (χ0v) is 19.4. The second kappa shape index (κ2) is 10.5. The first-order valence-electron chi connectivity index (χ1n) is 10.5. The molecule has 7 heteroatoms. The van der Waals surface area contributed by atoms with Crippen molar-refractivity contribution < 1.29 is 23.5 Å². The van der Waals surface area contributed by atoms with Crippen LogP contribution < -0.4 is 20.1 Å². The van der Waals surface area contributed by atoms with Crippen LogP contribution in [-0.4, -0.2) is 26.0 Å². The van der Waals surface area contributed by atoms with Crippen LogP contribution in [0.3, 0.4) is 0 Å². The van der Waals surface area contributed by atoms with Crippen molar-refractivity contribution in [1.82, 2.24) is 10.6 Å². The maximum atomic E-state index is 13.1. The number of carbonyl (C=O) groups excluding carboxylic acids is 2. The number of hydrogen-bond acceptors (Lipinski definition) is 5. The molecule has 0 unspecified atom stereocenters. The Balaban J connectivity index is 1.83. The number of carbonyl (C=O) groups is 2. The maximum absolute atomic E-state index is 13.1. The summed E-state index contributed by atoms with van der Waals surface area (Å²) in [6.45, 7) is 5.96. The number of aryl methyl sites for hydroxylation is 2. The highest BCUT2D eigenvalue weighted by molar-refractivity contribution is 6.05. The molecule has 0 bridgehead atoms. The molecule has 33 heavy (non-hydrogen) atoms. The van der Waals surface area contributed by atoms with Crippen LogP contribution in [0.4, 0.5) is 0 Å². The minimum absolute atomic E-state index is 0.0559. The Bertz CT molecular complexity index is 1170. The molecule has 0 saturated carbocycles. The second-order valence-corrected chi connectivity index (χ2v) is 7.64. The monoisotopic (exact) mass is 448 g/mol. The van der Waals surface area contributed by atoms with Gasteiger partial charge in [-0.1, -0.05) is 18.2 Å². The van der Waals surface area contributed by atoms with Crippen LogP contribution in [0.5, 0.6) is 11.5 Å². The SMILES string of the molecule is COc1ccc(C(=O)N/C(=C\c2ccco2)C(=O)N[C@H](C)c2ccc(C)c(C)c2)cc1OC. The number of rotatable bonds is 8. The molecule has 3 rings (SSSR count). The summed E-state index contributed by atoms with van der Waals surface area (Å²) in [7, 11) is 3.01. The molecule has 7 nitrogen and oxygen atoms in total. The molecule has 0 saturated heterocycles. The average Bonchev–Trinajstić information content (AvgIpc) is 3.32. The van der Waals surface area contributed by atoms with Crippen molar-refractivity contribution >= 4 is 17.9 Å². The number of hydrogen-bond donors (Lipinski definition) is 2. The summed E-state index contributed by atoms with van der Waals surface area (Å²) in [5.74, 6) is 0.440. The summed E-state index contributed by atoms with van der Waals surface area (Å²) in [4.78, 5) is 26.0. The smallest absolute Gasteiger partial charge is 0.268 e. The summed E-state index contributed by atoms with van der Waals surface area (Å²) >= 11 is 0. The van der Waals surface area contributed by atoms with Gasteiger partial charge < -0.3 is 24.5 Å². The Morgan fingerprint density at radius 3 is 2.36 bits per heavy atom. The first-order chi connectivity index (χ1) is 15.8. The number of ether oxygens (including phenoxy) is 2. The lowest BCUT2D eigenvalue weighted by Crippen LogP contribution is -2.36. The van der Waals surface area contributed by atoms with Crippen LogP contribution in [0.25, 0.3) is 6.08 Å². The molecule has 0 aliphatic rings. The summed E-state index contributed by atoms with van der Waals surface area (Å²) in [6, 6.07) is 13.9. The van der Waals surface area contributed by atoms with Gasteiger partial charge in [0.15, 0.2) is 11.5 Å². The van der Waals surface area contributed by atoms with Crippen molar-refractivity contribution in [1.29, 1.82) is 0 Å². The van der Waals surface area contributed by atoms with Gasteiger partial charge in [0.05, 0.1) is 26.5 Å². The van der Waals surface area contributed by atoms with Crippen LogP contribution in [0, 0.1) is 13.8 Å². The minimum Gasteiger partial charge on any atom is -0.493 e. The van der Waals surface area contributed by atoms with Gasteiger partial charge in [-0.25, -0.2) is 0 Å². The Hall–Kier alpha value is -4.00. The average molecular weight is 449 g/mol. The molecule has 2 aromatic carbocycles. The number of methoxy groups -OCH3 is 2. The molecule has 1 atom stereocenters. The van der Waals surface area contributed by atoms with E-state index in [9.17, 15) is 9.59 Å². The normalized spacial score (nSPS) is 12.1. The first kappa shape index (κ1) is 23.7. The number of benzene rings is 2. The topological polar surface area (TPSA) is 89.8 Å². The van der Waals surface area contributed by atoms with Crippen LogP contribution in [-0.2, 0) is 4.79 Å². The highest BCUT2D eigenvalue weighted by atomic mass is 16.5. The molecule has 2 amide bonds. The second-order valence-electron chi connectivity index (χ2n) is 7.64. The fraction of sp³-hybridized carbons (Fsp3) is 0.231. The molecule has 1 heterocycles. The van der Waals surface area contributed by atoms with Gasteiger partial charge in [0.1, 0.15) is 11.5 Å². The van der Waals surface area contributed by atoms with Crippen LogP contribution in [0.2, 0.25) is 0 Å². The van der Waals surface area contributed by atoms with E-state index < -0.39 is 11.8 Å². The zero-order valence-electron chi connectivity index (χ0n) is 19.4. The molecular weight excluding hydrogens is 420 g/mol. The molecule has 0 radical (unpaired) electrons. The van der Waals surface area contributed by atoms with Crippen molar-refractivity contribution in [2.45, 2.75) is 26.8 Å². The standard InChI is InChI=1S/C26H28N2O5/c1-16-8-9-19(13-17(16)2)18(3)27-26(30)22(15-21-7-6-12-33-21)28-25(29)20-10-11-23(31-4)24(14-20)32-5/h6-15,18H,1-5H3,(H,27,30)(H,28,29)/b22-15-/t18-/m1/s1. The largest absolute Gasteiger partial charge is 0.493 e. The van der Waals surface area contributed by atoms with Crippen molar-refractivity contribution in [3.63, 3.8) is 0 Å². The van der Waals surface area contributed by atoms with Crippen molar-refractivity contribution in [2.75, 3.05) is 14.2 Å². The lowest BCUT2D eigenvalue weighted by atomic mass is 10.0. The van der Waals surface area contributed by atoms with E-state index in [-0.39, 0.29) is 11.7 Å². The molecule has 0 fully saturated rings. The van der Waals surface area contributed by atoms with Crippen LogP contribution in [0.15, 0.2) is 64.9 Å². The van der Waals surface area contributed by atoms with E-state index in [1.165, 1.54) is 32.1 Å². The zero-order chi connectivity index (χ0) is 24.0. The van der Waals surface area contributed by atoms with Gasteiger partial charge in [0, 0.05) is 11.6 Å². The van der Waals surface area contributed by atoms with Crippen molar-refractivity contribution in [3.05, 3.63) is 88.5 Å². The van der Waals surface area contributed by atoms with Gasteiger partial charge in [-0.05, 0) is 67.8 Å². The lowest BCUT2D eigenvalue weighted by molar-refractivity contribution is -0.118. The first-order valence-corrected chi connectivity index (χ1v) is 10.5. The minimum atomic E-state index is -0.470. The Kier molecular flexibility index (Phi) is 7.56. The Labute approximate surface area is 193 Å². The molecule has 0 aliphatic carbocycles. The van der Waals surface area contributed by atoms with Gasteiger partial charge in [-0.15, -0.1) is 0 Å². The quantitative estimate of drug-likeness (QED) is 0.493. The molecule has 0 aliphatic heterocycles. The van der Waals surface area contributed by atoms with Gasteiger partial charge in [0.2, 0.25) is 0 Å². The summed E-state index contributed by atoms with van der Waals surface area (Å²) in [5, 5.41) is 5.64. The Morgan fingerprint density at radius 2 is 1.73 bits per heavy atom. The number of nitrogens with one attached hydrogen (secondary N) is 2. The number of furan rings is 1. The third-order valence-electron chi connectivity index (χ3n) is 5.35. The van der Waals surface area contributed by atoms with E-state index in [1.807, 2.05) is 39.0 Å². The van der Waals surface area contributed by atoms with Gasteiger partial charge >= 0.3 is 0 Å². The highest BCUT2D eigenvalue weighted by Gasteiger charge is 2.19. The summed E-state index contributed by atoms with van der Waals surface area (Å²) in [6.07, 6.45) is 2.98. The van der Waals surface area contributed by atoms with E-state index in [0.717, 1.165) is 11.1 Å². The number of amides is 2. The van der Waals surface area contributed by atoms with Gasteiger partial charge in [-0.3, -0.25) is 9.59 Å². The predicted molar refractivity (Wildman–Crippen MR) is 126 cm³/mol. The fourth-order valence-corrected chi connectivity index (χ4v) is 3.24. The molecular formula is C26H28N2O5. The van der Waals surface area contributed by atoms with Crippen molar-refractivity contribution in [2.24, 2.45) is 0 Å². The fourth-order valence-electron chi connectivity index (χ4n) is 3.24. The molecule has 2 N–H and O–H groups in total. The van der Waals surface area contributed by atoms with Crippen molar-refractivity contribution in [3.8, 4) is 11.5 Å². The summed E-state index contributed by atoms with van der Waals surface area (Å²) < 4.78 is 15.8. The third-order valence-corrected chi connectivity index (χ3v) is 5.35. The Morgan fingerprint density at radius 1 is 0.970 bits per heavy atom. The van der Waals surface area contributed by atoms with Gasteiger partial charge in [-0.2, -0.15) is 0 Å². The van der Waals surface area contributed by atoms with E-state index in [1.54, 1.807) is 30.3 Å². The maximum Gasteiger partial charge on any atom is 0.268 e. The van der Waals surface area contributed by atoms with E-state index in [2.05, 4.69) is 10.6 Å². The highest BCUT2D eigenvalue weighted by Crippen LogP contribution is 2.27. The predicted octanol–water partition coefficient (Wildman–Crippen LogP) is 4.56. The summed E-state index contributed by atoms with van der Waals surface area (Å²) in [5.41, 5.74) is 3.66. The molecule has 172 valence electrons. The molecule has 1 aromatic heterocycles. The van der Waals surface area contributed by atoms with E-state index >= 15 is 0 Å². The van der Waals surface area contributed by atoms with E-state index in [4.69, 9.17) is 13.9 Å². The van der Waals surface area contributed by atoms with Gasteiger partial charge in [0.25, 0.3) is 11.8 Å². The van der Waals surface area contributed by atoms with Crippen LogP contribution >= 0.6 is 0 Å². The lowest BCUT2D eigenvalue weighted by Gasteiger charge is -2.18. The van der Waals surface area contributed by atoms with E-state index in [0.29, 0.717) is 22.8 Å². The molecule has 3 aromatic rings. The molecule has 0 spiro atoms. The van der Waals surface area contributed by atoms with Crippen LogP contribution in [0.1, 0.15) is 45.8 Å². The third kappa shape index (κ3) is 5.83.